The monoisotopic (exact) mass is 165 g/mol. The Balaban J connectivity index is 2.84. The Hall–Kier alpha value is -1.84. The van der Waals surface area contributed by atoms with E-state index in [4.69, 9.17) is 5.11 Å². The minimum absolute atomic E-state index is 0.206. The second-order valence-corrected chi connectivity index (χ2v) is 2.16. The zero-order chi connectivity index (χ0) is 8.97. The summed E-state index contributed by atoms with van der Waals surface area (Å²) in [7, 11) is 0. The molecule has 1 rings (SSSR count). The Bertz CT molecular complexity index is 344. The summed E-state index contributed by atoms with van der Waals surface area (Å²) in [6.07, 6.45) is 3.85. The summed E-state index contributed by atoms with van der Waals surface area (Å²) >= 11 is 0. The number of carbonyl (C=O) groups is 1. The second-order valence-electron chi connectivity index (χ2n) is 2.16. The van der Waals surface area contributed by atoms with Crippen LogP contribution in [0.5, 0.6) is 0 Å². The summed E-state index contributed by atoms with van der Waals surface area (Å²) in [5, 5.41) is 8.27. The predicted molar refractivity (Wildman–Crippen MR) is 43.7 cm³/mol. The van der Waals surface area contributed by atoms with Crippen molar-refractivity contribution < 1.29 is 9.90 Å². The van der Waals surface area contributed by atoms with Gasteiger partial charge in [-0.3, -0.25) is 4.79 Å². The molecule has 0 radical (unpaired) electrons. The van der Waals surface area contributed by atoms with Gasteiger partial charge in [0.05, 0.1) is 0 Å². The third-order valence-electron chi connectivity index (χ3n) is 1.23. The maximum Gasteiger partial charge on any atom is 0.328 e. The van der Waals surface area contributed by atoms with E-state index in [9.17, 15) is 9.59 Å². The minimum Gasteiger partial charge on any atom is -0.478 e. The van der Waals surface area contributed by atoms with Gasteiger partial charge in [-0.15, -0.1) is 0 Å². The smallest absolute Gasteiger partial charge is 0.328 e. The zero-order valence-corrected chi connectivity index (χ0v) is 6.15. The highest BCUT2D eigenvalue weighted by atomic mass is 16.4. The van der Waals surface area contributed by atoms with Gasteiger partial charge in [0.25, 0.3) is 0 Å². The second kappa shape index (κ2) is 3.52. The SMILES string of the molecule is O=C(O)/C=C/c1ccc(=O)[nH]c1. The molecule has 0 aliphatic carbocycles. The first-order valence-corrected chi connectivity index (χ1v) is 3.28. The molecule has 0 spiro atoms. The average Bonchev–Trinajstić information content (AvgIpc) is 2.03. The molecule has 0 bridgehead atoms. The Morgan fingerprint density at radius 1 is 1.50 bits per heavy atom. The molecule has 1 aromatic rings. The van der Waals surface area contributed by atoms with Crippen LogP contribution in [0.25, 0.3) is 6.08 Å². The standard InChI is InChI=1S/C8H7NO3/c10-7-3-1-6(5-9-7)2-4-8(11)12/h1-5H,(H,9,10)(H,11,12)/b4-2+. The van der Waals surface area contributed by atoms with Gasteiger partial charge >= 0.3 is 5.97 Å². The van der Waals surface area contributed by atoms with Gasteiger partial charge < -0.3 is 10.1 Å². The number of nitrogens with one attached hydrogen (secondary N) is 1. The van der Waals surface area contributed by atoms with Crippen LogP contribution in [0.15, 0.2) is 29.2 Å². The molecule has 0 amide bonds. The number of aromatic amines is 1. The number of aromatic nitrogens is 1. The fourth-order valence-electron chi connectivity index (χ4n) is 0.694. The normalized spacial score (nSPS) is 10.3. The van der Waals surface area contributed by atoms with Gasteiger partial charge in [0, 0.05) is 18.3 Å². The first-order valence-electron chi connectivity index (χ1n) is 3.28. The summed E-state index contributed by atoms with van der Waals surface area (Å²) in [4.78, 5) is 23.1. The largest absolute Gasteiger partial charge is 0.478 e. The lowest BCUT2D eigenvalue weighted by Gasteiger charge is -1.88. The van der Waals surface area contributed by atoms with Crippen molar-refractivity contribution in [2.45, 2.75) is 0 Å². The molecule has 0 saturated heterocycles. The molecule has 0 atom stereocenters. The van der Waals surface area contributed by atoms with E-state index in [1.54, 1.807) is 0 Å². The van der Waals surface area contributed by atoms with Crippen molar-refractivity contribution in [3.8, 4) is 0 Å². The van der Waals surface area contributed by atoms with Crippen LogP contribution in [0.2, 0.25) is 0 Å². The van der Waals surface area contributed by atoms with Crippen molar-refractivity contribution in [1.29, 1.82) is 0 Å². The Morgan fingerprint density at radius 3 is 2.75 bits per heavy atom. The average molecular weight is 165 g/mol. The number of rotatable bonds is 2. The van der Waals surface area contributed by atoms with Gasteiger partial charge in [0.2, 0.25) is 5.56 Å². The fraction of sp³-hybridized carbons (Fsp3) is 0. The molecular formula is C8H7NO3. The molecule has 12 heavy (non-hydrogen) atoms. The first kappa shape index (κ1) is 8.26. The molecule has 2 N–H and O–H groups in total. The summed E-state index contributed by atoms with van der Waals surface area (Å²) in [5.41, 5.74) is 0.444. The summed E-state index contributed by atoms with van der Waals surface area (Å²) in [6.45, 7) is 0. The third kappa shape index (κ3) is 2.42. The van der Waals surface area contributed by atoms with Gasteiger partial charge in [-0.25, -0.2) is 4.79 Å². The van der Waals surface area contributed by atoms with E-state index in [0.29, 0.717) is 5.56 Å². The maximum atomic E-state index is 10.6. The van der Waals surface area contributed by atoms with E-state index in [1.807, 2.05) is 0 Å². The molecule has 0 fully saturated rings. The molecule has 0 aliphatic heterocycles. The number of carboxylic acid groups (broad SMARTS) is 1. The number of carboxylic acids is 1. The minimum atomic E-state index is -1.01. The summed E-state index contributed by atoms with van der Waals surface area (Å²) < 4.78 is 0. The molecule has 0 saturated carbocycles. The van der Waals surface area contributed by atoms with Crippen molar-refractivity contribution in [3.63, 3.8) is 0 Å². The quantitative estimate of drug-likeness (QED) is 0.626. The lowest BCUT2D eigenvalue weighted by atomic mass is 10.2. The van der Waals surface area contributed by atoms with Crippen molar-refractivity contribution in [1.82, 2.24) is 4.98 Å². The zero-order valence-electron chi connectivity index (χ0n) is 6.15. The molecule has 1 heterocycles. The molecule has 1 aromatic heterocycles. The highest BCUT2D eigenvalue weighted by Gasteiger charge is 1.88. The van der Waals surface area contributed by atoms with E-state index in [1.165, 1.54) is 24.4 Å². The van der Waals surface area contributed by atoms with Crippen molar-refractivity contribution in [2.75, 3.05) is 0 Å². The van der Waals surface area contributed by atoms with Gasteiger partial charge in [-0.2, -0.15) is 0 Å². The fourth-order valence-corrected chi connectivity index (χ4v) is 0.694. The number of hydrogen-bond acceptors (Lipinski definition) is 2. The van der Waals surface area contributed by atoms with E-state index in [0.717, 1.165) is 6.08 Å². The van der Waals surface area contributed by atoms with Gasteiger partial charge in [-0.1, -0.05) is 0 Å². The number of pyridine rings is 1. The number of hydrogen-bond donors (Lipinski definition) is 2. The number of aliphatic carboxylic acids is 1. The highest BCUT2D eigenvalue weighted by molar-refractivity contribution is 5.85. The summed E-state index contributed by atoms with van der Waals surface area (Å²) in [5.74, 6) is -1.01. The molecular weight excluding hydrogens is 158 g/mol. The summed E-state index contributed by atoms with van der Waals surface area (Å²) in [6, 6.07) is 2.87. The number of H-pyrrole nitrogens is 1. The molecule has 0 aromatic carbocycles. The third-order valence-corrected chi connectivity index (χ3v) is 1.23. The van der Waals surface area contributed by atoms with Crippen LogP contribution in [0, 0.1) is 0 Å². The van der Waals surface area contributed by atoms with Crippen molar-refractivity contribution >= 4 is 12.0 Å². The van der Waals surface area contributed by atoms with E-state index < -0.39 is 5.97 Å². The Kier molecular flexibility index (Phi) is 2.42. The van der Waals surface area contributed by atoms with E-state index in [2.05, 4.69) is 4.98 Å². The van der Waals surface area contributed by atoms with Crippen LogP contribution >= 0.6 is 0 Å². The van der Waals surface area contributed by atoms with Crippen LogP contribution in [-0.4, -0.2) is 16.1 Å². The molecule has 62 valence electrons. The first-order chi connectivity index (χ1) is 5.68. The predicted octanol–water partition coefficient (Wildman–Crippen LogP) is 0.473. The van der Waals surface area contributed by atoms with Crippen LogP contribution < -0.4 is 5.56 Å². The van der Waals surface area contributed by atoms with E-state index in [-0.39, 0.29) is 5.56 Å². The van der Waals surface area contributed by atoms with E-state index >= 15 is 0 Å². The lowest BCUT2D eigenvalue weighted by molar-refractivity contribution is -0.131. The molecule has 4 nitrogen and oxygen atoms in total. The van der Waals surface area contributed by atoms with Crippen molar-refractivity contribution in [3.05, 3.63) is 40.3 Å². The van der Waals surface area contributed by atoms with Crippen molar-refractivity contribution in [2.24, 2.45) is 0 Å². The molecule has 0 aliphatic rings. The highest BCUT2D eigenvalue weighted by Crippen LogP contribution is 1.95. The molecule has 4 heteroatoms. The van der Waals surface area contributed by atoms with Crippen LogP contribution in [0.1, 0.15) is 5.56 Å². The molecule has 0 unspecified atom stereocenters. The van der Waals surface area contributed by atoms with Crippen LogP contribution in [0.4, 0.5) is 0 Å². The van der Waals surface area contributed by atoms with Gasteiger partial charge in [0.1, 0.15) is 0 Å². The van der Waals surface area contributed by atoms with Crippen LogP contribution in [-0.2, 0) is 4.79 Å². The van der Waals surface area contributed by atoms with Crippen LogP contribution in [0.3, 0.4) is 0 Å². The van der Waals surface area contributed by atoms with Gasteiger partial charge in [-0.05, 0) is 17.7 Å². The van der Waals surface area contributed by atoms with Gasteiger partial charge in [0.15, 0.2) is 0 Å². The Labute approximate surface area is 68.2 Å². The maximum absolute atomic E-state index is 10.6. The lowest BCUT2D eigenvalue weighted by Crippen LogP contribution is -2.01. The Morgan fingerprint density at radius 2 is 2.25 bits per heavy atom. The topological polar surface area (TPSA) is 70.2 Å².